The Hall–Kier alpha value is -1.39. The highest BCUT2D eigenvalue weighted by Crippen LogP contribution is 2.29. The molecule has 0 unspecified atom stereocenters. The minimum Gasteiger partial charge on any atom is -0.468 e. The van der Waals surface area contributed by atoms with E-state index in [1.165, 1.54) is 14.2 Å². The molecule has 0 aliphatic heterocycles. The smallest absolute Gasteiger partial charge is 0.320 e. The molecule has 5 nitrogen and oxygen atoms in total. The van der Waals surface area contributed by atoms with E-state index in [9.17, 15) is 14.4 Å². The number of carbonyl (C=O) groups excluding carboxylic acids is 3. The normalized spacial score (nSPS) is 20.9. The highest BCUT2D eigenvalue weighted by molar-refractivity contribution is 5.96. The van der Waals surface area contributed by atoms with Gasteiger partial charge in [0.1, 0.15) is 5.78 Å². The number of rotatable bonds is 3. The monoisotopic (exact) mass is 242 g/mol. The Morgan fingerprint density at radius 1 is 1.18 bits per heavy atom. The Morgan fingerprint density at radius 3 is 2.29 bits per heavy atom. The molecule has 0 aromatic rings. The van der Waals surface area contributed by atoms with Gasteiger partial charge in [0.2, 0.25) is 0 Å². The van der Waals surface area contributed by atoms with Gasteiger partial charge < -0.3 is 9.47 Å². The summed E-state index contributed by atoms with van der Waals surface area (Å²) in [6.07, 6.45) is 3.15. The van der Waals surface area contributed by atoms with Gasteiger partial charge in [0, 0.05) is 12.8 Å². The van der Waals surface area contributed by atoms with Gasteiger partial charge in [-0.2, -0.15) is 0 Å². The number of methoxy groups -OCH3 is 2. The number of esters is 2. The summed E-state index contributed by atoms with van der Waals surface area (Å²) < 4.78 is 9.23. The van der Waals surface area contributed by atoms with Gasteiger partial charge in [-0.1, -0.05) is 6.42 Å². The molecule has 1 fully saturated rings. The fourth-order valence-corrected chi connectivity index (χ4v) is 2.24. The van der Waals surface area contributed by atoms with E-state index in [1.807, 2.05) is 0 Å². The lowest BCUT2D eigenvalue weighted by Gasteiger charge is -2.20. The molecular formula is C12H18O5. The van der Waals surface area contributed by atoms with Gasteiger partial charge in [-0.05, 0) is 18.8 Å². The second-order valence-corrected chi connectivity index (χ2v) is 4.27. The van der Waals surface area contributed by atoms with Gasteiger partial charge in [-0.15, -0.1) is 0 Å². The molecule has 0 aromatic heterocycles. The van der Waals surface area contributed by atoms with Crippen molar-refractivity contribution in [1.29, 1.82) is 0 Å². The van der Waals surface area contributed by atoms with Crippen LogP contribution in [0.15, 0.2) is 0 Å². The average Bonchev–Trinajstić information content (AvgIpc) is 2.53. The number of carbonyl (C=O) groups is 3. The Labute approximate surface area is 100 Å². The number of ether oxygens (including phenoxy) is 2. The summed E-state index contributed by atoms with van der Waals surface area (Å²) in [4.78, 5) is 34.7. The minimum absolute atomic E-state index is 0.102. The number of ketones is 1. The summed E-state index contributed by atoms with van der Waals surface area (Å²) in [5, 5.41) is 0. The van der Waals surface area contributed by atoms with E-state index in [2.05, 4.69) is 9.47 Å². The lowest BCUT2D eigenvalue weighted by atomic mass is 9.86. The molecular weight excluding hydrogens is 224 g/mol. The van der Waals surface area contributed by atoms with Crippen LogP contribution in [0.4, 0.5) is 0 Å². The Balaban J connectivity index is 2.83. The highest BCUT2D eigenvalue weighted by Gasteiger charge is 2.38. The van der Waals surface area contributed by atoms with Crippen LogP contribution in [0.2, 0.25) is 0 Å². The molecule has 5 heteroatoms. The Morgan fingerprint density at radius 2 is 1.76 bits per heavy atom. The van der Waals surface area contributed by atoms with Gasteiger partial charge in [0.15, 0.2) is 5.92 Å². The lowest BCUT2D eigenvalue weighted by molar-refractivity contribution is -0.161. The van der Waals surface area contributed by atoms with Crippen LogP contribution in [-0.2, 0) is 23.9 Å². The first kappa shape index (κ1) is 13.7. The molecule has 1 saturated carbocycles. The molecule has 1 atom stereocenters. The molecule has 1 aliphatic carbocycles. The van der Waals surface area contributed by atoms with Crippen molar-refractivity contribution in [2.75, 3.05) is 14.2 Å². The largest absolute Gasteiger partial charge is 0.468 e. The molecule has 0 N–H and O–H groups in total. The van der Waals surface area contributed by atoms with E-state index in [4.69, 9.17) is 0 Å². The number of Topliss-reactive ketones (excluding diaryl/α,β-unsaturated/α-hetero) is 1. The molecule has 96 valence electrons. The van der Waals surface area contributed by atoms with Crippen LogP contribution in [0.1, 0.15) is 32.1 Å². The first-order valence-corrected chi connectivity index (χ1v) is 5.77. The summed E-state index contributed by atoms with van der Waals surface area (Å²) in [7, 11) is 2.47. The van der Waals surface area contributed by atoms with Crippen molar-refractivity contribution in [1.82, 2.24) is 0 Å². The van der Waals surface area contributed by atoms with Crippen LogP contribution in [0, 0.1) is 11.8 Å². The van der Waals surface area contributed by atoms with Gasteiger partial charge in [-0.3, -0.25) is 14.4 Å². The molecule has 0 amide bonds. The maximum absolute atomic E-state index is 11.6. The number of hydrogen-bond acceptors (Lipinski definition) is 5. The average molecular weight is 242 g/mol. The van der Waals surface area contributed by atoms with E-state index in [0.29, 0.717) is 12.8 Å². The van der Waals surface area contributed by atoms with Gasteiger partial charge in [0.25, 0.3) is 0 Å². The summed E-state index contributed by atoms with van der Waals surface area (Å²) in [5.74, 6) is -2.38. The zero-order chi connectivity index (χ0) is 12.8. The van der Waals surface area contributed by atoms with Crippen molar-refractivity contribution in [3.05, 3.63) is 0 Å². The number of hydrogen-bond donors (Lipinski definition) is 0. The predicted molar refractivity (Wildman–Crippen MR) is 59.1 cm³/mol. The Bertz CT molecular complexity index is 294. The van der Waals surface area contributed by atoms with Crippen LogP contribution < -0.4 is 0 Å². The third-order valence-electron chi connectivity index (χ3n) is 3.15. The standard InChI is InChI=1S/C12H18O5/c1-16-11(14)10(12(15)17-2)8-5-3-4-6-9(13)7-8/h8,10H,3-7H2,1-2H3/t8-/m1/s1. The second-order valence-electron chi connectivity index (χ2n) is 4.27. The molecule has 17 heavy (non-hydrogen) atoms. The maximum atomic E-state index is 11.6. The first-order valence-electron chi connectivity index (χ1n) is 5.77. The van der Waals surface area contributed by atoms with Crippen molar-refractivity contribution in [2.45, 2.75) is 32.1 Å². The molecule has 0 bridgehead atoms. The van der Waals surface area contributed by atoms with Crippen molar-refractivity contribution in [3.8, 4) is 0 Å². The fraction of sp³-hybridized carbons (Fsp3) is 0.750. The molecule has 0 spiro atoms. The van der Waals surface area contributed by atoms with E-state index >= 15 is 0 Å². The second kappa shape index (κ2) is 6.37. The molecule has 0 aromatic carbocycles. The summed E-state index contributed by atoms with van der Waals surface area (Å²) >= 11 is 0. The van der Waals surface area contributed by atoms with Crippen LogP contribution in [0.25, 0.3) is 0 Å². The molecule has 0 radical (unpaired) electrons. The third-order valence-corrected chi connectivity index (χ3v) is 3.15. The minimum atomic E-state index is -0.966. The van der Waals surface area contributed by atoms with Crippen LogP contribution in [-0.4, -0.2) is 31.9 Å². The molecule has 1 rings (SSSR count). The quantitative estimate of drug-likeness (QED) is 0.421. The topological polar surface area (TPSA) is 69.7 Å². The van der Waals surface area contributed by atoms with Crippen molar-refractivity contribution >= 4 is 17.7 Å². The summed E-state index contributed by atoms with van der Waals surface area (Å²) in [5.41, 5.74) is 0. The molecule has 0 heterocycles. The van der Waals surface area contributed by atoms with Crippen LogP contribution >= 0.6 is 0 Å². The maximum Gasteiger partial charge on any atom is 0.320 e. The van der Waals surface area contributed by atoms with Crippen LogP contribution in [0.5, 0.6) is 0 Å². The van der Waals surface area contributed by atoms with E-state index in [1.54, 1.807) is 0 Å². The zero-order valence-corrected chi connectivity index (χ0v) is 10.2. The van der Waals surface area contributed by atoms with Gasteiger partial charge in [0.05, 0.1) is 14.2 Å². The molecule has 0 saturated heterocycles. The van der Waals surface area contributed by atoms with E-state index in [0.717, 1.165) is 12.8 Å². The van der Waals surface area contributed by atoms with Gasteiger partial charge >= 0.3 is 11.9 Å². The SMILES string of the molecule is COC(=O)C(C(=O)OC)[C@@H]1CCCCC(=O)C1. The zero-order valence-electron chi connectivity index (χ0n) is 10.2. The summed E-state index contributed by atoms with van der Waals surface area (Å²) in [6, 6.07) is 0. The fourth-order valence-electron chi connectivity index (χ4n) is 2.24. The van der Waals surface area contributed by atoms with Gasteiger partial charge in [-0.25, -0.2) is 0 Å². The predicted octanol–water partition coefficient (Wildman–Crippen LogP) is 1.10. The van der Waals surface area contributed by atoms with Crippen molar-refractivity contribution < 1.29 is 23.9 Å². The third kappa shape index (κ3) is 3.54. The Kier molecular flexibility index (Phi) is 5.12. The summed E-state index contributed by atoms with van der Waals surface area (Å²) in [6.45, 7) is 0. The molecule has 1 aliphatic rings. The van der Waals surface area contributed by atoms with Crippen molar-refractivity contribution in [3.63, 3.8) is 0 Å². The van der Waals surface area contributed by atoms with Crippen LogP contribution in [0.3, 0.4) is 0 Å². The highest BCUT2D eigenvalue weighted by atomic mass is 16.5. The lowest BCUT2D eigenvalue weighted by Crippen LogP contribution is -2.34. The van der Waals surface area contributed by atoms with Crippen molar-refractivity contribution in [2.24, 2.45) is 11.8 Å². The first-order chi connectivity index (χ1) is 8.10. The van der Waals surface area contributed by atoms with E-state index < -0.39 is 17.9 Å². The van der Waals surface area contributed by atoms with E-state index in [-0.39, 0.29) is 18.1 Å².